The van der Waals surface area contributed by atoms with E-state index in [-0.39, 0.29) is 42.9 Å². The molecule has 1 aliphatic rings. The maximum Gasteiger partial charge on any atom is 0.306 e. The topological polar surface area (TPSA) is 133 Å². The molecule has 3 atom stereocenters. The lowest BCUT2D eigenvalue weighted by Gasteiger charge is -2.17. The molecule has 0 bridgehead atoms. The number of ether oxygens (including phenoxy) is 1. The number of ketones is 2. The van der Waals surface area contributed by atoms with Crippen molar-refractivity contribution in [3.05, 3.63) is 39.9 Å². The molecule has 0 aromatic heterocycles. The van der Waals surface area contributed by atoms with Gasteiger partial charge in [0.25, 0.3) is 0 Å². The van der Waals surface area contributed by atoms with Gasteiger partial charge in [0.15, 0.2) is 12.4 Å². The summed E-state index contributed by atoms with van der Waals surface area (Å²) in [7, 11) is 0. The van der Waals surface area contributed by atoms with E-state index >= 15 is 0 Å². The SMILES string of the molecule is CC(C)C(=O)Nc1ccc(C(=O)COC(=O)C[C@H]2C(=O)C[C@H](C)[C@H]2C[N+](=O)[O-])cc1. The first-order chi connectivity index (χ1) is 14.1. The Morgan fingerprint density at radius 1 is 1.23 bits per heavy atom. The minimum Gasteiger partial charge on any atom is -0.457 e. The van der Waals surface area contributed by atoms with Crippen molar-refractivity contribution in [2.45, 2.75) is 33.6 Å². The van der Waals surface area contributed by atoms with Gasteiger partial charge in [-0.05, 0) is 30.2 Å². The number of nitrogens with zero attached hydrogens (tertiary/aromatic N) is 1. The molecule has 1 fully saturated rings. The third-order valence-corrected chi connectivity index (χ3v) is 5.29. The lowest BCUT2D eigenvalue weighted by Crippen LogP contribution is -2.28. The number of anilines is 1. The van der Waals surface area contributed by atoms with Gasteiger partial charge in [-0.3, -0.25) is 29.3 Å². The number of hydrogen-bond donors (Lipinski definition) is 1. The summed E-state index contributed by atoms with van der Waals surface area (Å²) in [6.45, 7) is 4.42. The molecule has 0 spiro atoms. The van der Waals surface area contributed by atoms with E-state index < -0.39 is 35.1 Å². The fraction of sp³-hybridized carbons (Fsp3) is 0.524. The molecule has 0 heterocycles. The Bertz CT molecular complexity index is 832. The number of nitrogens with one attached hydrogen (secondary N) is 1. The van der Waals surface area contributed by atoms with Crippen LogP contribution in [-0.2, 0) is 19.1 Å². The van der Waals surface area contributed by atoms with Crippen LogP contribution in [-0.4, -0.2) is 41.5 Å². The molecule has 1 N–H and O–H groups in total. The number of hydrogen-bond acceptors (Lipinski definition) is 7. The van der Waals surface area contributed by atoms with Crippen molar-refractivity contribution < 1.29 is 28.8 Å². The number of Topliss-reactive ketones (excluding diaryl/α,β-unsaturated/α-hetero) is 2. The highest BCUT2D eigenvalue weighted by atomic mass is 16.6. The molecular formula is C21H26N2O7. The van der Waals surface area contributed by atoms with Gasteiger partial charge in [0.05, 0.1) is 6.42 Å². The summed E-state index contributed by atoms with van der Waals surface area (Å²) >= 11 is 0. The zero-order valence-corrected chi connectivity index (χ0v) is 17.3. The molecule has 0 unspecified atom stereocenters. The second-order valence-electron chi connectivity index (χ2n) is 7.94. The average Bonchev–Trinajstić information content (AvgIpc) is 2.93. The molecule has 0 saturated heterocycles. The van der Waals surface area contributed by atoms with Crippen molar-refractivity contribution in [2.24, 2.45) is 23.7 Å². The molecule has 9 heteroatoms. The Labute approximate surface area is 174 Å². The Hall–Kier alpha value is -3.10. The predicted octanol–water partition coefficient (Wildman–Crippen LogP) is 2.52. The minimum atomic E-state index is -0.753. The molecule has 1 saturated carbocycles. The quantitative estimate of drug-likeness (QED) is 0.282. The fourth-order valence-corrected chi connectivity index (χ4v) is 3.49. The second-order valence-corrected chi connectivity index (χ2v) is 7.94. The third kappa shape index (κ3) is 6.20. The van der Waals surface area contributed by atoms with E-state index in [0.29, 0.717) is 11.3 Å². The van der Waals surface area contributed by atoms with Gasteiger partial charge in [-0.15, -0.1) is 0 Å². The van der Waals surface area contributed by atoms with E-state index in [0.717, 1.165) is 0 Å². The number of nitro groups is 1. The standard InChI is InChI=1S/C21H26N2O7/c1-12(2)21(27)22-15-6-4-14(5-7-15)19(25)11-30-20(26)9-16-17(10-23(28)29)13(3)8-18(16)24/h4-7,12-13,16-17H,8-11H2,1-3H3,(H,22,27)/t13-,16+,17+/m0/s1. The number of rotatable bonds is 9. The summed E-state index contributed by atoms with van der Waals surface area (Å²) < 4.78 is 5.00. The molecule has 0 aliphatic heterocycles. The Kier molecular flexibility index (Phi) is 7.79. The number of carbonyl (C=O) groups excluding carboxylic acids is 4. The number of carbonyl (C=O) groups is 4. The van der Waals surface area contributed by atoms with Gasteiger partial charge in [-0.2, -0.15) is 0 Å². The second kappa shape index (κ2) is 10.1. The Balaban J connectivity index is 1.88. The summed E-state index contributed by atoms with van der Waals surface area (Å²) in [5.41, 5.74) is 0.857. The number of esters is 1. The summed E-state index contributed by atoms with van der Waals surface area (Å²) in [5, 5.41) is 13.5. The van der Waals surface area contributed by atoms with Crippen molar-refractivity contribution in [2.75, 3.05) is 18.5 Å². The van der Waals surface area contributed by atoms with E-state index in [2.05, 4.69) is 5.32 Å². The van der Waals surface area contributed by atoms with Crippen molar-refractivity contribution in [1.82, 2.24) is 0 Å². The highest BCUT2D eigenvalue weighted by molar-refractivity contribution is 5.99. The largest absolute Gasteiger partial charge is 0.457 e. The molecule has 162 valence electrons. The van der Waals surface area contributed by atoms with Gasteiger partial charge < -0.3 is 10.1 Å². The van der Waals surface area contributed by atoms with Gasteiger partial charge in [0.2, 0.25) is 12.5 Å². The van der Waals surface area contributed by atoms with E-state index in [4.69, 9.17) is 4.74 Å². The summed E-state index contributed by atoms with van der Waals surface area (Å²) in [4.78, 5) is 58.5. The lowest BCUT2D eigenvalue weighted by molar-refractivity contribution is -0.490. The van der Waals surface area contributed by atoms with Crippen LogP contribution in [0.4, 0.5) is 5.69 Å². The molecule has 30 heavy (non-hydrogen) atoms. The predicted molar refractivity (Wildman–Crippen MR) is 107 cm³/mol. The number of amides is 1. The molecule has 1 amide bonds. The van der Waals surface area contributed by atoms with Crippen LogP contribution in [0.2, 0.25) is 0 Å². The first-order valence-electron chi connectivity index (χ1n) is 9.82. The maximum atomic E-state index is 12.2. The van der Waals surface area contributed by atoms with Crippen LogP contribution in [0.1, 0.15) is 44.0 Å². The van der Waals surface area contributed by atoms with Gasteiger partial charge in [0.1, 0.15) is 5.78 Å². The fourth-order valence-electron chi connectivity index (χ4n) is 3.49. The van der Waals surface area contributed by atoms with Crippen LogP contribution in [0.3, 0.4) is 0 Å². The molecule has 1 aliphatic carbocycles. The minimum absolute atomic E-state index is 0.144. The average molecular weight is 418 g/mol. The normalized spacial score (nSPS) is 20.8. The van der Waals surface area contributed by atoms with Crippen molar-refractivity contribution >= 4 is 29.1 Å². The van der Waals surface area contributed by atoms with Crippen LogP contribution < -0.4 is 5.32 Å². The van der Waals surface area contributed by atoms with Crippen LogP contribution in [0.5, 0.6) is 0 Å². The maximum absolute atomic E-state index is 12.2. The van der Waals surface area contributed by atoms with Crippen LogP contribution in [0.25, 0.3) is 0 Å². The van der Waals surface area contributed by atoms with E-state index in [1.807, 2.05) is 0 Å². The lowest BCUT2D eigenvalue weighted by atomic mass is 9.88. The molecule has 9 nitrogen and oxygen atoms in total. The first-order valence-corrected chi connectivity index (χ1v) is 9.82. The van der Waals surface area contributed by atoms with Crippen LogP contribution in [0, 0.1) is 33.8 Å². The molecule has 1 aromatic carbocycles. The first kappa shape index (κ1) is 23.2. The molecule has 0 radical (unpaired) electrons. The van der Waals surface area contributed by atoms with Gasteiger partial charge >= 0.3 is 5.97 Å². The van der Waals surface area contributed by atoms with E-state index in [9.17, 15) is 29.3 Å². The van der Waals surface area contributed by atoms with Crippen molar-refractivity contribution in [3.8, 4) is 0 Å². The number of benzene rings is 1. The van der Waals surface area contributed by atoms with E-state index in [1.54, 1.807) is 32.9 Å². The smallest absolute Gasteiger partial charge is 0.306 e. The van der Waals surface area contributed by atoms with Crippen molar-refractivity contribution in [3.63, 3.8) is 0 Å². The Morgan fingerprint density at radius 2 is 1.87 bits per heavy atom. The van der Waals surface area contributed by atoms with E-state index in [1.165, 1.54) is 12.1 Å². The highest BCUT2D eigenvalue weighted by Gasteiger charge is 2.44. The zero-order valence-electron chi connectivity index (χ0n) is 17.3. The molecule has 2 rings (SSSR count). The molecule has 1 aromatic rings. The summed E-state index contributed by atoms with van der Waals surface area (Å²) in [6, 6.07) is 6.19. The monoisotopic (exact) mass is 418 g/mol. The van der Waals surface area contributed by atoms with Gasteiger partial charge in [0, 0.05) is 40.3 Å². The van der Waals surface area contributed by atoms with Crippen molar-refractivity contribution in [1.29, 1.82) is 0 Å². The van der Waals surface area contributed by atoms with Gasteiger partial charge in [-0.1, -0.05) is 20.8 Å². The van der Waals surface area contributed by atoms with Crippen LogP contribution >= 0.6 is 0 Å². The summed E-state index contributed by atoms with van der Waals surface area (Å²) in [5.74, 6) is -3.10. The third-order valence-electron chi connectivity index (χ3n) is 5.29. The highest BCUT2D eigenvalue weighted by Crippen LogP contribution is 2.36. The van der Waals surface area contributed by atoms with Gasteiger partial charge in [-0.25, -0.2) is 0 Å². The zero-order chi connectivity index (χ0) is 22.4. The van der Waals surface area contributed by atoms with Crippen LogP contribution in [0.15, 0.2) is 24.3 Å². The summed E-state index contributed by atoms with van der Waals surface area (Å²) in [6.07, 6.45) is -0.0653. The Morgan fingerprint density at radius 3 is 2.43 bits per heavy atom. The molecular weight excluding hydrogens is 392 g/mol.